The van der Waals surface area contributed by atoms with Crippen LogP contribution in [0.5, 0.6) is 5.75 Å². The quantitative estimate of drug-likeness (QED) is 0.197. The average molecular weight is 670 g/mol. The minimum absolute atomic E-state index is 0.00199. The first-order chi connectivity index (χ1) is 19.7. The number of rotatable bonds is 10. The van der Waals surface area contributed by atoms with E-state index in [0.717, 1.165) is 22.1 Å². The maximum absolute atomic E-state index is 12.9. The van der Waals surface area contributed by atoms with Crippen LogP contribution in [0.15, 0.2) is 72.6 Å². The zero-order valence-electron chi connectivity index (χ0n) is 21.9. The third-order valence-corrected chi connectivity index (χ3v) is 11.1. The van der Waals surface area contributed by atoms with Gasteiger partial charge in [0.2, 0.25) is 21.4 Å². The van der Waals surface area contributed by atoms with Gasteiger partial charge in [0.15, 0.2) is 5.75 Å². The zero-order valence-corrected chi connectivity index (χ0v) is 25.9. The predicted octanol–water partition coefficient (Wildman–Crippen LogP) is 3.48. The standard InChI is InChI=1S/C26H24ClN3O8S4/c1-40(31,32)28-41(33,34)17-30-22-14-19(18-6-3-2-4-7-18)8-11-24(22)39-26(30)16-25-29(12-5-13-42(35,36)37)21-15-20(27)9-10-23(21)38-25/h2-4,6-11,14-16,28H,5,12-13,17H2,1H3. The monoisotopic (exact) mass is 669 g/mol. The van der Waals surface area contributed by atoms with Crippen LogP contribution in [0, 0.1) is 0 Å². The van der Waals surface area contributed by atoms with Gasteiger partial charge < -0.3 is 14.2 Å². The highest BCUT2D eigenvalue weighted by Gasteiger charge is 2.32. The molecule has 0 fully saturated rings. The van der Waals surface area contributed by atoms with Crippen LogP contribution in [0.2, 0.25) is 5.02 Å². The number of nitrogens with one attached hydrogen (secondary N) is 1. The van der Waals surface area contributed by atoms with Crippen molar-refractivity contribution in [3.05, 3.63) is 82.6 Å². The van der Waals surface area contributed by atoms with Crippen molar-refractivity contribution < 1.29 is 39.1 Å². The lowest BCUT2D eigenvalue weighted by Gasteiger charge is -2.18. The third kappa shape index (κ3) is 7.29. The molecule has 0 radical (unpaired) electrons. The predicted molar refractivity (Wildman–Crippen MR) is 161 cm³/mol. The molecule has 0 bridgehead atoms. The number of hydrogen-bond acceptors (Lipinski definition) is 10. The van der Waals surface area contributed by atoms with Crippen LogP contribution in [0.3, 0.4) is 0 Å². The van der Waals surface area contributed by atoms with E-state index in [0.29, 0.717) is 27.0 Å². The highest BCUT2D eigenvalue weighted by Crippen LogP contribution is 2.41. The maximum Gasteiger partial charge on any atom is 0.285 e. The van der Waals surface area contributed by atoms with Gasteiger partial charge in [-0.2, -0.15) is 4.57 Å². The largest absolute Gasteiger partial charge is 0.748 e. The Morgan fingerprint density at radius 3 is 2.43 bits per heavy atom. The number of aromatic nitrogens is 1. The molecule has 4 aromatic rings. The van der Waals surface area contributed by atoms with E-state index >= 15 is 0 Å². The summed E-state index contributed by atoms with van der Waals surface area (Å²) in [6.45, 7) is 0.0949. The van der Waals surface area contributed by atoms with Crippen LogP contribution < -0.4 is 18.3 Å². The fourth-order valence-corrected chi connectivity index (χ4v) is 8.97. The van der Waals surface area contributed by atoms with Gasteiger partial charge in [0.05, 0.1) is 28.1 Å². The first-order valence-electron chi connectivity index (χ1n) is 12.3. The van der Waals surface area contributed by atoms with Gasteiger partial charge in [-0.05, 0) is 41.8 Å². The third-order valence-electron chi connectivity index (χ3n) is 6.13. The molecule has 0 saturated carbocycles. The summed E-state index contributed by atoms with van der Waals surface area (Å²) in [6, 6.07) is 19.9. The normalized spacial score (nSPS) is 14.8. The van der Waals surface area contributed by atoms with Crippen molar-refractivity contribution in [3.8, 4) is 16.9 Å². The van der Waals surface area contributed by atoms with Gasteiger partial charge in [-0.1, -0.05) is 59.3 Å². The van der Waals surface area contributed by atoms with Crippen molar-refractivity contribution in [2.24, 2.45) is 0 Å². The Balaban J connectivity index is 1.63. The van der Waals surface area contributed by atoms with Crippen molar-refractivity contribution in [3.63, 3.8) is 0 Å². The summed E-state index contributed by atoms with van der Waals surface area (Å²) < 4.78 is 93.1. The molecule has 0 amide bonds. The van der Waals surface area contributed by atoms with E-state index in [4.69, 9.17) is 16.3 Å². The number of fused-ring (bicyclic) bond motifs is 2. The molecule has 0 unspecified atom stereocenters. The summed E-state index contributed by atoms with van der Waals surface area (Å²) in [5.41, 5.74) is 2.80. The van der Waals surface area contributed by atoms with E-state index in [1.807, 2.05) is 48.5 Å². The lowest BCUT2D eigenvalue weighted by atomic mass is 10.1. The highest BCUT2D eigenvalue weighted by atomic mass is 35.5. The average Bonchev–Trinajstić information content (AvgIpc) is 3.39. The number of thiazole rings is 1. The second-order valence-corrected chi connectivity index (χ2v) is 16.2. The molecule has 3 aromatic carbocycles. The fourth-order valence-electron chi connectivity index (χ4n) is 4.50. The molecular weight excluding hydrogens is 646 g/mol. The zero-order chi connectivity index (χ0) is 30.3. The van der Waals surface area contributed by atoms with Gasteiger partial charge in [-0.25, -0.2) is 25.3 Å². The lowest BCUT2D eigenvalue weighted by molar-refractivity contribution is -0.648. The van der Waals surface area contributed by atoms with E-state index in [1.165, 1.54) is 15.9 Å². The number of benzene rings is 3. The van der Waals surface area contributed by atoms with Crippen LogP contribution in [0.1, 0.15) is 11.4 Å². The van der Waals surface area contributed by atoms with Crippen LogP contribution in [0.4, 0.5) is 5.69 Å². The van der Waals surface area contributed by atoms with Gasteiger partial charge in [0.25, 0.3) is 20.9 Å². The van der Waals surface area contributed by atoms with Crippen LogP contribution >= 0.6 is 22.9 Å². The van der Waals surface area contributed by atoms with Crippen molar-refractivity contribution in [2.75, 3.05) is 23.5 Å². The Kier molecular flexibility index (Phi) is 8.37. The number of halogens is 1. The molecule has 1 N–H and O–H groups in total. The fraction of sp³-hybridized carbons (Fsp3) is 0.192. The summed E-state index contributed by atoms with van der Waals surface area (Å²) in [5.74, 6) is -0.633. The van der Waals surface area contributed by atoms with Crippen LogP contribution in [-0.4, -0.2) is 48.4 Å². The molecule has 0 saturated heterocycles. The van der Waals surface area contributed by atoms with E-state index in [1.54, 1.807) is 33.3 Å². The Labute approximate surface area is 252 Å². The Bertz CT molecular complexity index is 2030. The van der Waals surface area contributed by atoms with Crippen molar-refractivity contribution in [1.82, 2.24) is 4.13 Å². The molecule has 222 valence electrons. The Morgan fingerprint density at radius 2 is 1.74 bits per heavy atom. The topological polar surface area (TPSA) is 154 Å². The highest BCUT2D eigenvalue weighted by molar-refractivity contribution is 8.03. The molecule has 0 spiro atoms. The molecule has 42 heavy (non-hydrogen) atoms. The summed E-state index contributed by atoms with van der Waals surface area (Å²) in [6.07, 6.45) is 2.34. The molecule has 5 rings (SSSR count). The van der Waals surface area contributed by atoms with Gasteiger partial charge in [-0.15, -0.1) is 4.13 Å². The molecule has 16 heteroatoms. The van der Waals surface area contributed by atoms with Crippen molar-refractivity contribution in [2.45, 2.75) is 12.3 Å². The molecule has 0 aliphatic carbocycles. The minimum atomic E-state index is -4.45. The first-order valence-corrected chi connectivity index (χ1v) is 18.6. The smallest absolute Gasteiger partial charge is 0.285 e. The number of nitrogens with zero attached hydrogens (tertiary/aromatic N) is 2. The SMILES string of the molecule is CS(=O)(=O)NS(=O)(=O)C[n+]1c(/C=C2\Oc3ccc(Cl)cc3N2CCCS(=O)(=O)[O-])sc2ccc(-c3ccccc3)cc21. The lowest BCUT2D eigenvalue weighted by Crippen LogP contribution is -2.45. The Morgan fingerprint density at radius 1 is 1.00 bits per heavy atom. The molecule has 0 atom stereocenters. The van der Waals surface area contributed by atoms with E-state index < -0.39 is 41.8 Å². The van der Waals surface area contributed by atoms with E-state index in [9.17, 15) is 29.8 Å². The van der Waals surface area contributed by atoms with Gasteiger partial charge >= 0.3 is 0 Å². The molecule has 1 aliphatic rings. The van der Waals surface area contributed by atoms with Crippen LogP contribution in [0.25, 0.3) is 27.4 Å². The second kappa shape index (κ2) is 11.6. The van der Waals surface area contributed by atoms with E-state index in [2.05, 4.69) is 0 Å². The molecule has 1 aliphatic heterocycles. The molecule has 11 nitrogen and oxygen atoms in total. The second-order valence-electron chi connectivity index (χ2n) is 9.48. The van der Waals surface area contributed by atoms with E-state index in [-0.39, 0.29) is 18.8 Å². The van der Waals surface area contributed by atoms with Crippen LogP contribution in [-0.2, 0) is 36.0 Å². The number of ether oxygens (including phenoxy) is 1. The van der Waals surface area contributed by atoms with Gasteiger partial charge in [0, 0.05) is 23.4 Å². The van der Waals surface area contributed by atoms with Crippen molar-refractivity contribution >= 4 is 75.1 Å². The number of sulfonamides is 2. The molecule has 2 heterocycles. The molecule has 1 aromatic heterocycles. The first kappa shape index (κ1) is 30.4. The number of hydrogen-bond donors (Lipinski definition) is 1. The van der Waals surface area contributed by atoms with Crippen molar-refractivity contribution in [1.29, 1.82) is 0 Å². The van der Waals surface area contributed by atoms with Gasteiger partial charge in [-0.3, -0.25) is 0 Å². The van der Waals surface area contributed by atoms with Gasteiger partial charge in [0.1, 0.15) is 4.70 Å². The molecular formula is C26H24ClN3O8S4. The summed E-state index contributed by atoms with van der Waals surface area (Å²) >= 11 is 7.45. The minimum Gasteiger partial charge on any atom is -0.748 e. The Hall–Kier alpha value is -3.05. The summed E-state index contributed by atoms with van der Waals surface area (Å²) in [5, 5.41) is 0.813. The summed E-state index contributed by atoms with van der Waals surface area (Å²) in [4.78, 5) is 1.65. The number of anilines is 1. The maximum atomic E-state index is 12.9. The summed E-state index contributed by atoms with van der Waals surface area (Å²) in [7, 11) is -12.9.